The van der Waals surface area contributed by atoms with Gasteiger partial charge in [-0.25, -0.2) is 9.97 Å². The lowest BCUT2D eigenvalue weighted by Crippen LogP contribution is -2.56. The van der Waals surface area contributed by atoms with E-state index in [2.05, 4.69) is 30.8 Å². The summed E-state index contributed by atoms with van der Waals surface area (Å²) in [6, 6.07) is 3.79. The number of nitrogens with zero attached hydrogens (tertiary/aromatic N) is 3. The van der Waals surface area contributed by atoms with Crippen molar-refractivity contribution in [1.82, 2.24) is 9.97 Å². The second kappa shape index (κ2) is 5.42. The van der Waals surface area contributed by atoms with Crippen molar-refractivity contribution in [2.75, 3.05) is 11.4 Å². The van der Waals surface area contributed by atoms with Crippen LogP contribution in [0.15, 0.2) is 35.2 Å². The van der Waals surface area contributed by atoms with Gasteiger partial charge < -0.3 is 14.1 Å². The number of furan rings is 1. The molecule has 0 aromatic carbocycles. The van der Waals surface area contributed by atoms with Crippen LogP contribution < -0.4 is 4.90 Å². The van der Waals surface area contributed by atoms with Gasteiger partial charge in [0.1, 0.15) is 16.3 Å². The molecule has 1 aliphatic rings. The molecule has 1 aliphatic heterocycles. The number of alkyl halides is 1. The second-order valence-electron chi connectivity index (χ2n) is 5.49. The SMILES string of the molecule is Cc1occc1N1CC(C)(c2ncccn2)OC(C)C1Br. The van der Waals surface area contributed by atoms with Crippen LogP contribution in [-0.4, -0.2) is 27.6 Å². The minimum absolute atomic E-state index is 0.0122. The molecule has 3 atom stereocenters. The van der Waals surface area contributed by atoms with Gasteiger partial charge in [0.25, 0.3) is 0 Å². The van der Waals surface area contributed by atoms with Crippen LogP contribution in [0.3, 0.4) is 0 Å². The largest absolute Gasteiger partial charge is 0.467 e. The highest BCUT2D eigenvalue weighted by molar-refractivity contribution is 9.09. The molecule has 3 rings (SSSR count). The molecule has 21 heavy (non-hydrogen) atoms. The maximum Gasteiger partial charge on any atom is 0.161 e. The Morgan fingerprint density at radius 3 is 2.71 bits per heavy atom. The Kier molecular flexibility index (Phi) is 3.75. The van der Waals surface area contributed by atoms with Crippen LogP contribution in [0.2, 0.25) is 0 Å². The molecular formula is C15H18BrN3O2. The number of morpholine rings is 1. The van der Waals surface area contributed by atoms with Gasteiger partial charge in [-0.1, -0.05) is 15.9 Å². The van der Waals surface area contributed by atoms with E-state index in [1.54, 1.807) is 18.7 Å². The smallest absolute Gasteiger partial charge is 0.161 e. The van der Waals surface area contributed by atoms with E-state index in [0.717, 1.165) is 11.4 Å². The lowest BCUT2D eigenvalue weighted by molar-refractivity contribution is -0.102. The van der Waals surface area contributed by atoms with Crippen molar-refractivity contribution in [3.05, 3.63) is 42.4 Å². The molecule has 0 radical (unpaired) electrons. The maximum absolute atomic E-state index is 6.20. The summed E-state index contributed by atoms with van der Waals surface area (Å²) >= 11 is 3.72. The monoisotopic (exact) mass is 351 g/mol. The van der Waals surface area contributed by atoms with Gasteiger partial charge in [0.15, 0.2) is 5.82 Å². The Morgan fingerprint density at radius 1 is 1.38 bits per heavy atom. The Balaban J connectivity index is 1.97. The van der Waals surface area contributed by atoms with Crippen molar-refractivity contribution < 1.29 is 9.15 Å². The highest BCUT2D eigenvalue weighted by Crippen LogP contribution is 2.38. The van der Waals surface area contributed by atoms with E-state index in [-0.39, 0.29) is 11.1 Å². The summed E-state index contributed by atoms with van der Waals surface area (Å²) in [5, 5.41) is 0. The zero-order valence-electron chi connectivity index (χ0n) is 12.3. The van der Waals surface area contributed by atoms with Crippen molar-refractivity contribution in [2.45, 2.75) is 37.4 Å². The third-order valence-electron chi connectivity index (χ3n) is 3.78. The average molecular weight is 352 g/mol. The normalized spacial score (nSPS) is 29.6. The molecule has 0 N–H and O–H groups in total. The molecule has 2 aromatic heterocycles. The van der Waals surface area contributed by atoms with Gasteiger partial charge in [-0.15, -0.1) is 0 Å². The standard InChI is InChI=1S/C15H18BrN3O2/c1-10-12(5-8-20-10)19-9-15(3,21-11(2)13(19)16)14-17-6-4-7-18-14/h4-8,11,13H,9H2,1-3H3. The highest BCUT2D eigenvalue weighted by Gasteiger charge is 2.44. The lowest BCUT2D eigenvalue weighted by Gasteiger charge is -2.46. The fraction of sp³-hybridized carbons (Fsp3) is 0.467. The molecule has 6 heteroatoms. The van der Waals surface area contributed by atoms with E-state index in [1.165, 1.54) is 0 Å². The fourth-order valence-corrected chi connectivity index (χ4v) is 3.23. The summed E-state index contributed by atoms with van der Waals surface area (Å²) < 4.78 is 11.6. The number of aryl methyl sites for hydroxylation is 1. The zero-order valence-corrected chi connectivity index (χ0v) is 13.9. The Labute approximate surface area is 132 Å². The van der Waals surface area contributed by atoms with Crippen molar-refractivity contribution in [3.63, 3.8) is 0 Å². The first-order valence-electron chi connectivity index (χ1n) is 6.91. The average Bonchev–Trinajstić information content (AvgIpc) is 2.90. The van der Waals surface area contributed by atoms with Crippen LogP contribution in [-0.2, 0) is 10.3 Å². The molecule has 0 amide bonds. The number of hydrogen-bond donors (Lipinski definition) is 0. The molecule has 5 nitrogen and oxygen atoms in total. The van der Waals surface area contributed by atoms with Gasteiger partial charge >= 0.3 is 0 Å². The molecule has 0 aliphatic carbocycles. The summed E-state index contributed by atoms with van der Waals surface area (Å²) in [6.45, 7) is 6.69. The fourth-order valence-electron chi connectivity index (χ4n) is 2.76. The Morgan fingerprint density at radius 2 is 2.10 bits per heavy atom. The highest BCUT2D eigenvalue weighted by atomic mass is 79.9. The van der Waals surface area contributed by atoms with E-state index < -0.39 is 5.60 Å². The Hall–Kier alpha value is -1.40. The van der Waals surface area contributed by atoms with Gasteiger partial charge in [0.05, 0.1) is 24.6 Å². The first-order valence-corrected chi connectivity index (χ1v) is 7.83. The third kappa shape index (κ3) is 2.58. The van der Waals surface area contributed by atoms with Crippen LogP contribution in [0.25, 0.3) is 0 Å². The van der Waals surface area contributed by atoms with Gasteiger partial charge in [-0.3, -0.25) is 0 Å². The molecule has 1 fully saturated rings. The quantitative estimate of drug-likeness (QED) is 0.614. The molecule has 112 valence electrons. The molecule has 0 saturated carbocycles. The second-order valence-corrected chi connectivity index (χ2v) is 6.43. The van der Waals surface area contributed by atoms with Gasteiger partial charge in [-0.05, 0) is 26.8 Å². The summed E-state index contributed by atoms with van der Waals surface area (Å²) in [6.07, 6.45) is 5.19. The summed E-state index contributed by atoms with van der Waals surface area (Å²) in [4.78, 5) is 11.1. The van der Waals surface area contributed by atoms with E-state index >= 15 is 0 Å². The predicted octanol–water partition coefficient (Wildman–Crippen LogP) is 3.24. The molecule has 0 spiro atoms. The van der Waals surface area contributed by atoms with Gasteiger partial charge in [0, 0.05) is 18.5 Å². The van der Waals surface area contributed by atoms with E-state index in [0.29, 0.717) is 12.4 Å². The van der Waals surface area contributed by atoms with Crippen LogP contribution in [0.1, 0.15) is 25.4 Å². The Bertz CT molecular complexity index is 618. The maximum atomic E-state index is 6.20. The van der Waals surface area contributed by atoms with Crippen molar-refractivity contribution in [3.8, 4) is 0 Å². The van der Waals surface area contributed by atoms with Crippen LogP contribution in [0, 0.1) is 6.92 Å². The molecule has 2 aromatic rings. The summed E-state index contributed by atoms with van der Waals surface area (Å²) in [7, 11) is 0. The molecule has 0 bridgehead atoms. The number of ether oxygens (including phenoxy) is 1. The van der Waals surface area contributed by atoms with Crippen molar-refractivity contribution in [1.29, 1.82) is 0 Å². The van der Waals surface area contributed by atoms with E-state index in [4.69, 9.17) is 9.15 Å². The topological polar surface area (TPSA) is 51.4 Å². The number of hydrogen-bond acceptors (Lipinski definition) is 5. The molecule has 3 heterocycles. The van der Waals surface area contributed by atoms with Crippen LogP contribution >= 0.6 is 15.9 Å². The number of halogens is 1. The van der Waals surface area contributed by atoms with E-state index in [1.807, 2.05) is 32.9 Å². The van der Waals surface area contributed by atoms with Gasteiger partial charge in [-0.2, -0.15) is 0 Å². The summed E-state index contributed by atoms with van der Waals surface area (Å²) in [5.74, 6) is 1.59. The lowest BCUT2D eigenvalue weighted by atomic mass is 10.0. The molecule has 1 saturated heterocycles. The minimum Gasteiger partial charge on any atom is -0.467 e. The summed E-state index contributed by atoms with van der Waals surface area (Å²) in [5.41, 5.74) is 0.503. The van der Waals surface area contributed by atoms with Gasteiger partial charge in [0.2, 0.25) is 0 Å². The zero-order chi connectivity index (χ0) is 15.0. The minimum atomic E-state index is -0.561. The van der Waals surface area contributed by atoms with E-state index in [9.17, 15) is 0 Å². The molecule has 3 unspecified atom stereocenters. The van der Waals surface area contributed by atoms with Crippen molar-refractivity contribution in [2.24, 2.45) is 0 Å². The van der Waals surface area contributed by atoms with Crippen molar-refractivity contribution >= 4 is 21.6 Å². The molecular weight excluding hydrogens is 334 g/mol. The predicted molar refractivity (Wildman–Crippen MR) is 83.4 cm³/mol. The van der Waals surface area contributed by atoms with Crippen LogP contribution in [0.5, 0.6) is 0 Å². The van der Waals surface area contributed by atoms with Crippen LogP contribution in [0.4, 0.5) is 5.69 Å². The number of aromatic nitrogens is 2. The number of anilines is 1. The third-order valence-corrected chi connectivity index (χ3v) is 5.02. The first kappa shape index (κ1) is 14.5. The first-order chi connectivity index (χ1) is 10.0. The number of rotatable bonds is 2.